The predicted octanol–water partition coefficient (Wildman–Crippen LogP) is 0.0145. The molecule has 1 aliphatic rings. The van der Waals surface area contributed by atoms with Gasteiger partial charge in [-0.1, -0.05) is 0 Å². The first-order chi connectivity index (χ1) is 5.69. The van der Waals surface area contributed by atoms with Crippen molar-refractivity contribution < 1.29 is 0 Å². The molecule has 0 aromatic carbocycles. The van der Waals surface area contributed by atoms with Crippen LogP contribution in [-0.2, 0) is 0 Å². The molecule has 0 unspecified atom stereocenters. The Balaban J connectivity index is 3.09. The molecule has 0 saturated heterocycles. The van der Waals surface area contributed by atoms with Crippen molar-refractivity contribution in [1.29, 1.82) is 10.7 Å². The quantitative estimate of drug-likeness (QED) is 0.508. The van der Waals surface area contributed by atoms with Crippen LogP contribution in [0.25, 0.3) is 0 Å². The van der Waals surface area contributed by atoms with Gasteiger partial charge in [-0.25, -0.2) is 4.99 Å². The lowest BCUT2D eigenvalue weighted by atomic mass is 10.3. The molecule has 0 bridgehead atoms. The van der Waals surface area contributed by atoms with Crippen LogP contribution >= 0.6 is 0 Å². The van der Waals surface area contributed by atoms with Crippen molar-refractivity contribution in [2.24, 2.45) is 9.98 Å². The molecule has 0 fully saturated rings. The second-order valence-corrected chi connectivity index (χ2v) is 2.35. The molecule has 5 heteroatoms. The summed E-state index contributed by atoms with van der Waals surface area (Å²) in [6.45, 7) is 0. The standard InChI is InChI=1S/C7H7N5/c1-12(2)7-10-5(3-8)6(4-9)11-7/h8H,1-2H3. The summed E-state index contributed by atoms with van der Waals surface area (Å²) in [5.74, 6) is 2.48. The first-order valence-corrected chi connectivity index (χ1v) is 3.24. The molecule has 5 nitrogen and oxygen atoms in total. The minimum atomic E-state index is 0.147. The van der Waals surface area contributed by atoms with Crippen molar-refractivity contribution >= 4 is 17.5 Å². The fraction of sp³-hybridized carbons (Fsp3) is 0.286. The van der Waals surface area contributed by atoms with Crippen LogP contribution in [0.15, 0.2) is 15.7 Å². The fourth-order valence-electron chi connectivity index (χ4n) is 0.696. The maximum atomic E-state index is 8.55. The fourth-order valence-corrected chi connectivity index (χ4v) is 0.696. The molecule has 1 rings (SSSR count). The highest BCUT2D eigenvalue weighted by Crippen LogP contribution is 2.07. The van der Waals surface area contributed by atoms with Crippen molar-refractivity contribution in [3.8, 4) is 6.07 Å². The van der Waals surface area contributed by atoms with E-state index in [1.165, 1.54) is 0 Å². The maximum Gasteiger partial charge on any atom is 0.227 e. The number of aliphatic imine (C=N–C) groups is 2. The second-order valence-electron chi connectivity index (χ2n) is 2.35. The summed E-state index contributed by atoms with van der Waals surface area (Å²) in [5, 5.41) is 15.4. The maximum absolute atomic E-state index is 8.55. The number of nitriles is 1. The molecule has 1 N–H and O–H groups in total. The van der Waals surface area contributed by atoms with Crippen LogP contribution in [0.3, 0.4) is 0 Å². The van der Waals surface area contributed by atoms with E-state index in [4.69, 9.17) is 10.7 Å². The zero-order valence-corrected chi connectivity index (χ0v) is 6.79. The number of nitrogens with zero attached hydrogens (tertiary/aromatic N) is 4. The number of hydrogen-bond donors (Lipinski definition) is 1. The highest BCUT2D eigenvalue weighted by molar-refractivity contribution is 6.23. The summed E-state index contributed by atoms with van der Waals surface area (Å²) in [5.41, 5.74) is 0.343. The third-order valence-electron chi connectivity index (χ3n) is 1.27. The average molecular weight is 161 g/mol. The smallest absolute Gasteiger partial charge is 0.227 e. The molecule has 0 amide bonds. The van der Waals surface area contributed by atoms with Gasteiger partial charge < -0.3 is 4.90 Å². The molecule has 0 aromatic rings. The van der Waals surface area contributed by atoms with Crippen LogP contribution in [0.4, 0.5) is 0 Å². The van der Waals surface area contributed by atoms with E-state index >= 15 is 0 Å². The molecule has 0 radical (unpaired) electrons. The van der Waals surface area contributed by atoms with Crippen LogP contribution in [0.2, 0.25) is 0 Å². The van der Waals surface area contributed by atoms with Crippen molar-refractivity contribution in [2.75, 3.05) is 14.1 Å². The van der Waals surface area contributed by atoms with E-state index in [0.717, 1.165) is 0 Å². The summed E-state index contributed by atoms with van der Waals surface area (Å²) in [7, 11) is 3.54. The zero-order valence-electron chi connectivity index (χ0n) is 6.79. The van der Waals surface area contributed by atoms with Crippen LogP contribution < -0.4 is 0 Å². The lowest BCUT2D eigenvalue weighted by molar-refractivity contribution is 0.617. The second kappa shape index (κ2) is 2.99. The topological polar surface area (TPSA) is 75.6 Å². The third kappa shape index (κ3) is 1.24. The highest BCUT2D eigenvalue weighted by atomic mass is 15.3. The number of allylic oxidation sites excluding steroid dienone is 1. The molecule has 0 spiro atoms. The zero-order chi connectivity index (χ0) is 9.14. The van der Waals surface area contributed by atoms with Crippen LogP contribution in [0, 0.1) is 16.7 Å². The molecule has 12 heavy (non-hydrogen) atoms. The molecule has 0 aromatic heterocycles. The van der Waals surface area contributed by atoms with E-state index in [0.29, 0.717) is 5.96 Å². The Morgan fingerprint density at radius 2 is 2.08 bits per heavy atom. The molecule has 0 saturated carbocycles. The van der Waals surface area contributed by atoms with E-state index in [-0.39, 0.29) is 11.4 Å². The van der Waals surface area contributed by atoms with Gasteiger partial charge in [-0.05, 0) is 0 Å². The van der Waals surface area contributed by atoms with Gasteiger partial charge in [0.2, 0.25) is 5.96 Å². The lowest BCUT2D eigenvalue weighted by Crippen LogP contribution is -2.18. The monoisotopic (exact) mass is 161 g/mol. The van der Waals surface area contributed by atoms with Gasteiger partial charge in [0, 0.05) is 20.0 Å². The largest absolute Gasteiger partial charge is 0.347 e. The Morgan fingerprint density at radius 3 is 2.42 bits per heavy atom. The number of guanidine groups is 1. The Labute approximate surface area is 69.9 Å². The molecular weight excluding hydrogens is 154 g/mol. The van der Waals surface area contributed by atoms with E-state index in [1.807, 2.05) is 11.9 Å². The van der Waals surface area contributed by atoms with Gasteiger partial charge in [0.05, 0.1) is 0 Å². The first-order valence-electron chi connectivity index (χ1n) is 3.24. The van der Waals surface area contributed by atoms with E-state index in [1.54, 1.807) is 19.0 Å². The van der Waals surface area contributed by atoms with Crippen LogP contribution in [0.5, 0.6) is 0 Å². The van der Waals surface area contributed by atoms with Gasteiger partial charge in [-0.3, -0.25) is 5.41 Å². The summed E-state index contributed by atoms with van der Waals surface area (Å²) in [6, 6.07) is 1.84. The van der Waals surface area contributed by atoms with Gasteiger partial charge in [0.1, 0.15) is 6.07 Å². The number of nitrogens with one attached hydrogen (secondary N) is 1. The molecule has 1 aliphatic heterocycles. The minimum absolute atomic E-state index is 0.147. The van der Waals surface area contributed by atoms with Gasteiger partial charge in [-0.15, -0.1) is 0 Å². The van der Waals surface area contributed by atoms with Crippen LogP contribution in [-0.4, -0.2) is 36.5 Å². The van der Waals surface area contributed by atoms with Crippen molar-refractivity contribution in [3.05, 3.63) is 5.70 Å². The Hall–Kier alpha value is -1.92. The highest BCUT2D eigenvalue weighted by Gasteiger charge is 2.16. The molecule has 0 atom stereocenters. The molecule has 1 heterocycles. The van der Waals surface area contributed by atoms with E-state index in [2.05, 4.69) is 9.98 Å². The lowest BCUT2D eigenvalue weighted by Gasteiger charge is -2.05. The molecule has 0 aliphatic carbocycles. The number of hydrogen-bond acceptors (Lipinski definition) is 5. The van der Waals surface area contributed by atoms with E-state index in [9.17, 15) is 0 Å². The molecule has 60 valence electrons. The van der Waals surface area contributed by atoms with Crippen molar-refractivity contribution in [2.45, 2.75) is 0 Å². The van der Waals surface area contributed by atoms with Gasteiger partial charge in [0.25, 0.3) is 0 Å². The third-order valence-corrected chi connectivity index (χ3v) is 1.27. The summed E-state index contributed by atoms with van der Waals surface area (Å²) >= 11 is 0. The minimum Gasteiger partial charge on any atom is -0.347 e. The SMILES string of the molecule is CN(C)C1=NC(=C=N)C(C#N)=N1. The van der Waals surface area contributed by atoms with E-state index < -0.39 is 0 Å². The summed E-state index contributed by atoms with van der Waals surface area (Å²) < 4.78 is 0. The Kier molecular flexibility index (Phi) is 2.04. The number of rotatable bonds is 0. The van der Waals surface area contributed by atoms with Crippen LogP contribution in [0.1, 0.15) is 0 Å². The Bertz CT molecular complexity index is 348. The van der Waals surface area contributed by atoms with Crippen molar-refractivity contribution in [1.82, 2.24) is 4.90 Å². The van der Waals surface area contributed by atoms with Gasteiger partial charge in [0.15, 0.2) is 11.4 Å². The molecular formula is C7H7N5. The summed E-state index contributed by atoms with van der Waals surface area (Å²) in [6.07, 6.45) is 0. The Morgan fingerprint density at radius 1 is 1.42 bits per heavy atom. The van der Waals surface area contributed by atoms with Gasteiger partial charge >= 0.3 is 0 Å². The predicted molar refractivity (Wildman–Crippen MR) is 45.4 cm³/mol. The summed E-state index contributed by atoms with van der Waals surface area (Å²) in [4.78, 5) is 9.43. The van der Waals surface area contributed by atoms with Crippen molar-refractivity contribution in [3.63, 3.8) is 0 Å². The van der Waals surface area contributed by atoms with Gasteiger partial charge in [-0.2, -0.15) is 10.3 Å². The normalized spacial score (nSPS) is 14.6. The first kappa shape index (κ1) is 8.18. The average Bonchev–Trinajstić information content (AvgIpc) is 2.46.